The van der Waals surface area contributed by atoms with Crippen molar-refractivity contribution in [1.29, 1.82) is 0 Å². The smallest absolute Gasteiger partial charge is 0.324 e. The Bertz CT molecular complexity index is 485. The third-order valence-corrected chi connectivity index (χ3v) is 3.76. The Kier molecular flexibility index (Phi) is 5.14. The van der Waals surface area contributed by atoms with Gasteiger partial charge in [0.05, 0.1) is 6.04 Å². The summed E-state index contributed by atoms with van der Waals surface area (Å²) in [5.41, 5.74) is 1.16. The first-order chi connectivity index (χ1) is 10.1. The fourth-order valence-electron chi connectivity index (χ4n) is 2.52. The maximum Gasteiger partial charge on any atom is 0.324 e. The first-order valence-corrected chi connectivity index (χ1v) is 7.21. The highest BCUT2D eigenvalue weighted by molar-refractivity contribution is 5.98. The molecule has 1 fully saturated rings. The fraction of sp³-hybridized carbons (Fsp3) is 0.533. The summed E-state index contributed by atoms with van der Waals surface area (Å²) < 4.78 is 0. The highest BCUT2D eigenvalue weighted by Crippen LogP contribution is 2.14. The van der Waals surface area contributed by atoms with Crippen molar-refractivity contribution >= 4 is 18.3 Å². The van der Waals surface area contributed by atoms with Gasteiger partial charge in [-0.15, -0.1) is 0 Å². The molecule has 0 saturated carbocycles. The van der Waals surface area contributed by atoms with Gasteiger partial charge in [-0.25, -0.2) is 4.79 Å². The molecule has 0 aromatic rings. The predicted octanol–water partition coefficient (Wildman–Crippen LogP) is 1.01. The highest BCUT2D eigenvalue weighted by atomic mass is 16.2. The molecule has 1 aliphatic heterocycles. The first-order valence-electron chi connectivity index (χ1n) is 7.21. The number of amides is 4. The predicted molar refractivity (Wildman–Crippen MR) is 78.0 cm³/mol. The Labute approximate surface area is 124 Å². The van der Waals surface area contributed by atoms with Crippen molar-refractivity contribution in [3.63, 3.8) is 0 Å². The largest absolute Gasteiger partial charge is 0.336 e. The second kappa shape index (κ2) is 7.06. The van der Waals surface area contributed by atoms with Crippen molar-refractivity contribution in [3.8, 4) is 0 Å². The normalized spacial score (nSPS) is 25.9. The summed E-state index contributed by atoms with van der Waals surface area (Å²) in [6, 6.07) is -1.15. The summed E-state index contributed by atoms with van der Waals surface area (Å²) in [7, 11) is 0. The van der Waals surface area contributed by atoms with E-state index in [-0.39, 0.29) is 11.9 Å². The van der Waals surface area contributed by atoms with Gasteiger partial charge in [-0.2, -0.15) is 0 Å². The molecule has 113 valence electrons. The molecule has 2 N–H and O–H groups in total. The second-order valence-corrected chi connectivity index (χ2v) is 5.38. The molecule has 2 aliphatic rings. The van der Waals surface area contributed by atoms with E-state index in [1.165, 1.54) is 4.90 Å². The number of nitrogens with one attached hydrogen (secondary N) is 2. The van der Waals surface area contributed by atoms with E-state index >= 15 is 0 Å². The molecular formula is C15H20N3O3. The average Bonchev–Trinajstić information content (AvgIpc) is 2.65. The number of hydrogen-bond donors (Lipinski definition) is 2. The third kappa shape index (κ3) is 3.93. The Balaban J connectivity index is 1.98. The molecule has 1 heterocycles. The van der Waals surface area contributed by atoms with Crippen LogP contribution in [0.1, 0.15) is 32.6 Å². The number of likely N-dealkylation sites (tertiary alicyclic amines) is 1. The van der Waals surface area contributed by atoms with Crippen LogP contribution in [0.15, 0.2) is 23.8 Å². The molecule has 4 amide bonds. The Morgan fingerprint density at radius 3 is 2.90 bits per heavy atom. The molecule has 0 aromatic heterocycles. The lowest BCUT2D eigenvalue weighted by Crippen LogP contribution is -2.52. The minimum atomic E-state index is -0.653. The van der Waals surface area contributed by atoms with Crippen LogP contribution in [0.2, 0.25) is 0 Å². The van der Waals surface area contributed by atoms with E-state index in [2.05, 4.69) is 10.6 Å². The van der Waals surface area contributed by atoms with Crippen molar-refractivity contribution in [2.75, 3.05) is 6.54 Å². The first kappa shape index (κ1) is 15.3. The van der Waals surface area contributed by atoms with Gasteiger partial charge in [0.1, 0.15) is 6.04 Å². The van der Waals surface area contributed by atoms with Crippen LogP contribution in [-0.2, 0) is 9.59 Å². The topological polar surface area (TPSA) is 78.5 Å². The highest BCUT2D eigenvalue weighted by Gasteiger charge is 2.31. The lowest BCUT2D eigenvalue weighted by atomic mass is 10.0. The van der Waals surface area contributed by atoms with Gasteiger partial charge in [0.25, 0.3) is 5.91 Å². The molecular weight excluding hydrogens is 270 g/mol. The van der Waals surface area contributed by atoms with Gasteiger partial charge in [0.2, 0.25) is 0 Å². The van der Waals surface area contributed by atoms with Crippen LogP contribution >= 0.6 is 0 Å². The van der Waals surface area contributed by atoms with Gasteiger partial charge in [-0.1, -0.05) is 23.8 Å². The summed E-state index contributed by atoms with van der Waals surface area (Å²) >= 11 is 0. The van der Waals surface area contributed by atoms with Crippen LogP contribution in [0.3, 0.4) is 0 Å². The van der Waals surface area contributed by atoms with Gasteiger partial charge in [-0.3, -0.25) is 14.5 Å². The standard InChI is InChI=1S/C15H20N3O3/c1-11-5-7-12(8-6-11)17-15(21)18-9-3-2-4-13(14(18)20)16-10-19/h5-7,12-13H,2-4,8-9H2,1H3,(H,16,19)(H,17,21)/t12?,13-/m0/s1. The quantitative estimate of drug-likeness (QED) is 0.761. The number of rotatable bonds is 3. The Hall–Kier alpha value is -2.11. The summed E-state index contributed by atoms with van der Waals surface area (Å²) in [6.45, 7) is 2.38. The molecule has 1 radical (unpaired) electrons. The number of carbonyl (C=O) groups is 2. The number of urea groups is 1. The Morgan fingerprint density at radius 1 is 1.43 bits per heavy atom. The number of carbonyl (C=O) groups excluding carboxylic acids is 3. The number of nitrogens with zero attached hydrogens (tertiary/aromatic N) is 1. The number of imide groups is 1. The second-order valence-electron chi connectivity index (χ2n) is 5.38. The molecule has 6 nitrogen and oxygen atoms in total. The van der Waals surface area contributed by atoms with E-state index in [0.29, 0.717) is 13.0 Å². The molecule has 2 atom stereocenters. The molecule has 0 spiro atoms. The zero-order chi connectivity index (χ0) is 15.2. The van der Waals surface area contributed by atoms with Crippen LogP contribution in [0.5, 0.6) is 0 Å². The van der Waals surface area contributed by atoms with E-state index in [1.54, 1.807) is 6.41 Å². The average molecular weight is 290 g/mol. The van der Waals surface area contributed by atoms with Crippen molar-refractivity contribution in [1.82, 2.24) is 15.5 Å². The number of allylic oxidation sites excluding steroid dienone is 2. The summed E-state index contributed by atoms with van der Waals surface area (Å²) in [6.07, 6.45) is 10.3. The van der Waals surface area contributed by atoms with Crippen molar-refractivity contribution in [2.45, 2.75) is 44.7 Å². The lowest BCUT2D eigenvalue weighted by molar-refractivity contribution is -0.129. The van der Waals surface area contributed by atoms with Crippen molar-refractivity contribution < 1.29 is 14.4 Å². The van der Waals surface area contributed by atoms with Crippen molar-refractivity contribution in [3.05, 3.63) is 23.8 Å². The SMILES string of the molecule is CC1=CCC(NC(=O)N2CCCC[C@H](N[C]=O)C2=O)C=C1. The third-order valence-electron chi connectivity index (χ3n) is 3.76. The van der Waals surface area contributed by atoms with E-state index in [1.807, 2.05) is 25.2 Å². The fourth-order valence-corrected chi connectivity index (χ4v) is 2.52. The van der Waals surface area contributed by atoms with Crippen molar-refractivity contribution in [2.24, 2.45) is 0 Å². The minimum Gasteiger partial charge on any atom is -0.336 e. The van der Waals surface area contributed by atoms with Gasteiger partial charge in [0, 0.05) is 6.54 Å². The lowest BCUT2D eigenvalue weighted by Gasteiger charge is -2.25. The summed E-state index contributed by atoms with van der Waals surface area (Å²) in [4.78, 5) is 36.2. The monoisotopic (exact) mass is 290 g/mol. The van der Waals surface area contributed by atoms with E-state index in [4.69, 9.17) is 0 Å². The molecule has 2 rings (SSSR count). The molecule has 0 aromatic carbocycles. The van der Waals surface area contributed by atoms with Crippen LogP contribution < -0.4 is 10.6 Å². The van der Waals surface area contributed by atoms with Crippen LogP contribution in [0, 0.1) is 0 Å². The Morgan fingerprint density at radius 2 is 2.24 bits per heavy atom. The molecule has 0 bridgehead atoms. The van der Waals surface area contributed by atoms with Gasteiger partial charge >= 0.3 is 12.4 Å². The minimum absolute atomic E-state index is 0.0960. The molecule has 1 aliphatic carbocycles. The number of hydrogen-bond acceptors (Lipinski definition) is 3. The molecule has 6 heteroatoms. The maximum absolute atomic E-state index is 12.3. The van der Waals surface area contributed by atoms with E-state index < -0.39 is 12.1 Å². The zero-order valence-corrected chi connectivity index (χ0v) is 12.1. The van der Waals surface area contributed by atoms with Crippen LogP contribution in [0.4, 0.5) is 4.79 Å². The molecule has 1 saturated heterocycles. The summed E-state index contributed by atoms with van der Waals surface area (Å²) in [5, 5.41) is 5.21. The van der Waals surface area contributed by atoms with E-state index in [9.17, 15) is 14.4 Å². The molecule has 21 heavy (non-hydrogen) atoms. The molecule has 1 unspecified atom stereocenters. The van der Waals surface area contributed by atoms with Gasteiger partial charge < -0.3 is 10.6 Å². The van der Waals surface area contributed by atoms with Gasteiger partial charge in [-0.05, 0) is 32.6 Å². The van der Waals surface area contributed by atoms with Gasteiger partial charge in [0.15, 0.2) is 0 Å². The van der Waals surface area contributed by atoms with Crippen LogP contribution in [-0.4, -0.2) is 41.9 Å². The maximum atomic E-state index is 12.3. The zero-order valence-electron chi connectivity index (χ0n) is 12.1. The van der Waals surface area contributed by atoms with Crippen LogP contribution in [0.25, 0.3) is 0 Å². The van der Waals surface area contributed by atoms with E-state index in [0.717, 1.165) is 24.8 Å². The summed E-state index contributed by atoms with van der Waals surface area (Å²) in [5.74, 6) is -0.361.